The number of hydrogen-bond donors (Lipinski definition) is 1. The average Bonchev–Trinajstić information content (AvgIpc) is 3.06. The van der Waals surface area contributed by atoms with Crippen molar-refractivity contribution in [1.82, 2.24) is 15.4 Å². The lowest BCUT2D eigenvalue weighted by Gasteiger charge is -2.22. The van der Waals surface area contributed by atoms with E-state index in [1.54, 1.807) is 0 Å². The molecular weight excluding hydrogens is 345 g/mol. The molecule has 2 aromatic rings. The van der Waals surface area contributed by atoms with Gasteiger partial charge in [-0.3, -0.25) is 0 Å². The summed E-state index contributed by atoms with van der Waals surface area (Å²) in [6.45, 7) is 5.39. The molecule has 0 saturated heterocycles. The number of benzene rings is 1. The van der Waals surface area contributed by atoms with Crippen LogP contribution in [-0.4, -0.2) is 29.6 Å². The quantitative estimate of drug-likeness (QED) is 0.622. The number of hydrogen-bond acceptors (Lipinski definition) is 3. The molecule has 0 amide bonds. The highest BCUT2D eigenvalue weighted by Crippen LogP contribution is 2.29. The van der Waals surface area contributed by atoms with Gasteiger partial charge in [0.15, 0.2) is 11.7 Å². The smallest absolute Gasteiger partial charge is 0.359 e. The van der Waals surface area contributed by atoms with Crippen LogP contribution in [0.3, 0.4) is 0 Å². The third-order valence-electron chi connectivity index (χ3n) is 3.75. The van der Waals surface area contributed by atoms with Gasteiger partial charge in [0.2, 0.25) is 0 Å². The van der Waals surface area contributed by atoms with E-state index in [9.17, 15) is 13.2 Å². The molecule has 0 radical (unpaired) electrons. The van der Waals surface area contributed by atoms with Gasteiger partial charge in [-0.05, 0) is 31.0 Å². The Morgan fingerprint density at radius 3 is 2.46 bits per heavy atom. The molecule has 8 heteroatoms. The molecule has 5 nitrogen and oxygen atoms in total. The Hall–Kier alpha value is -2.51. The lowest BCUT2D eigenvalue weighted by atomic mass is 10.1. The van der Waals surface area contributed by atoms with Gasteiger partial charge in [-0.15, -0.1) is 0 Å². The summed E-state index contributed by atoms with van der Waals surface area (Å²) in [6, 6.07) is 7.00. The van der Waals surface area contributed by atoms with Crippen LogP contribution in [0.2, 0.25) is 0 Å². The van der Waals surface area contributed by atoms with E-state index in [1.165, 1.54) is 12.1 Å². The van der Waals surface area contributed by atoms with Crippen molar-refractivity contribution in [3.63, 3.8) is 0 Å². The summed E-state index contributed by atoms with van der Waals surface area (Å²) < 4.78 is 43.2. The van der Waals surface area contributed by atoms with Crippen molar-refractivity contribution >= 4 is 5.96 Å². The van der Waals surface area contributed by atoms with Gasteiger partial charge in [-0.1, -0.05) is 24.2 Å². The first kappa shape index (κ1) is 19.8. The Morgan fingerprint density at radius 1 is 1.23 bits per heavy atom. The summed E-state index contributed by atoms with van der Waals surface area (Å²) in [7, 11) is 1.83. The summed E-state index contributed by atoms with van der Waals surface area (Å²) in [6.07, 6.45) is -3.53. The van der Waals surface area contributed by atoms with E-state index in [1.807, 2.05) is 31.9 Å². The number of nitrogens with one attached hydrogen (secondary N) is 1. The fourth-order valence-electron chi connectivity index (χ4n) is 2.37. The van der Waals surface area contributed by atoms with Gasteiger partial charge in [0.05, 0.1) is 11.3 Å². The predicted molar refractivity (Wildman–Crippen MR) is 93.6 cm³/mol. The number of alkyl halides is 3. The van der Waals surface area contributed by atoms with Crippen molar-refractivity contribution in [2.45, 2.75) is 39.5 Å². The van der Waals surface area contributed by atoms with Crippen LogP contribution in [0.25, 0.3) is 0 Å². The average molecular weight is 368 g/mol. The van der Waals surface area contributed by atoms with Crippen LogP contribution in [0.1, 0.15) is 36.4 Å². The predicted octanol–water partition coefficient (Wildman–Crippen LogP) is 3.85. The lowest BCUT2D eigenvalue weighted by molar-refractivity contribution is -0.137. The Bertz CT molecular complexity index is 723. The number of aryl methyl sites for hydroxylation is 1. The van der Waals surface area contributed by atoms with Crippen LogP contribution in [0.5, 0.6) is 0 Å². The Kier molecular flexibility index (Phi) is 6.65. The highest BCUT2D eigenvalue weighted by atomic mass is 19.4. The van der Waals surface area contributed by atoms with Gasteiger partial charge in [0, 0.05) is 26.2 Å². The van der Waals surface area contributed by atoms with Crippen molar-refractivity contribution in [3.8, 4) is 0 Å². The number of nitrogens with zero attached hydrogens (tertiary/aromatic N) is 3. The first-order valence-corrected chi connectivity index (χ1v) is 8.43. The molecule has 142 valence electrons. The third kappa shape index (κ3) is 5.50. The van der Waals surface area contributed by atoms with Crippen LogP contribution in [0, 0.1) is 0 Å². The maximum atomic E-state index is 12.6. The summed E-state index contributed by atoms with van der Waals surface area (Å²) in [5, 5.41) is 7.09. The van der Waals surface area contributed by atoms with Crippen LogP contribution in [0.15, 0.2) is 39.8 Å². The van der Waals surface area contributed by atoms with Gasteiger partial charge in [-0.2, -0.15) is 13.2 Å². The zero-order chi connectivity index (χ0) is 19.2. The molecule has 0 saturated carbocycles. The van der Waals surface area contributed by atoms with Gasteiger partial charge in [-0.25, -0.2) is 4.99 Å². The first-order chi connectivity index (χ1) is 12.3. The second-order valence-electron chi connectivity index (χ2n) is 5.86. The fourth-order valence-corrected chi connectivity index (χ4v) is 2.37. The maximum Gasteiger partial charge on any atom is 0.416 e. The van der Waals surface area contributed by atoms with E-state index < -0.39 is 11.7 Å². The van der Waals surface area contributed by atoms with Gasteiger partial charge in [0.1, 0.15) is 6.54 Å². The van der Waals surface area contributed by atoms with E-state index in [-0.39, 0.29) is 0 Å². The number of rotatable bonds is 6. The Balaban J connectivity index is 2.04. The minimum absolute atomic E-state index is 0.340. The summed E-state index contributed by atoms with van der Waals surface area (Å²) in [5.74, 6) is 1.31. The van der Waals surface area contributed by atoms with Crippen molar-refractivity contribution < 1.29 is 17.7 Å². The molecule has 1 N–H and O–H groups in total. The topological polar surface area (TPSA) is 53.7 Å². The van der Waals surface area contributed by atoms with Gasteiger partial charge >= 0.3 is 6.18 Å². The summed E-state index contributed by atoms with van der Waals surface area (Å²) in [5.41, 5.74) is 0.985. The zero-order valence-corrected chi connectivity index (χ0v) is 15.1. The Labute approximate surface area is 150 Å². The first-order valence-electron chi connectivity index (χ1n) is 8.43. The highest BCUT2D eigenvalue weighted by molar-refractivity contribution is 5.79. The normalized spacial score (nSPS) is 12.3. The molecule has 1 aromatic heterocycles. The lowest BCUT2D eigenvalue weighted by Crippen LogP contribution is -2.38. The van der Waals surface area contributed by atoms with Crippen molar-refractivity contribution in [3.05, 3.63) is 52.9 Å². The minimum atomic E-state index is -4.32. The second-order valence-corrected chi connectivity index (χ2v) is 5.86. The van der Waals surface area contributed by atoms with E-state index in [4.69, 9.17) is 4.52 Å². The van der Waals surface area contributed by atoms with E-state index >= 15 is 0 Å². The number of aromatic nitrogens is 1. The minimum Gasteiger partial charge on any atom is -0.359 e. The third-order valence-corrected chi connectivity index (χ3v) is 3.75. The number of halogens is 3. The molecule has 1 aromatic carbocycles. The van der Waals surface area contributed by atoms with Gasteiger partial charge < -0.3 is 14.7 Å². The van der Waals surface area contributed by atoms with Crippen LogP contribution in [0.4, 0.5) is 13.2 Å². The van der Waals surface area contributed by atoms with Gasteiger partial charge in [0.25, 0.3) is 0 Å². The van der Waals surface area contributed by atoms with Crippen molar-refractivity contribution in [2.24, 2.45) is 4.99 Å². The molecule has 0 bridgehead atoms. The number of aliphatic imine (C=N–C) groups is 1. The number of guanidine groups is 1. The highest BCUT2D eigenvalue weighted by Gasteiger charge is 2.29. The monoisotopic (exact) mass is 368 g/mol. The van der Waals surface area contributed by atoms with Crippen molar-refractivity contribution in [1.29, 1.82) is 0 Å². The maximum absolute atomic E-state index is 12.6. The van der Waals surface area contributed by atoms with E-state index in [2.05, 4.69) is 15.5 Å². The molecule has 2 rings (SSSR count). The molecule has 0 aliphatic heterocycles. The van der Waals surface area contributed by atoms with E-state index in [0.29, 0.717) is 31.4 Å². The zero-order valence-electron chi connectivity index (χ0n) is 15.1. The summed E-state index contributed by atoms with van der Waals surface area (Å²) >= 11 is 0. The molecule has 26 heavy (non-hydrogen) atoms. The Morgan fingerprint density at radius 2 is 1.92 bits per heavy atom. The molecule has 0 unspecified atom stereocenters. The summed E-state index contributed by atoms with van der Waals surface area (Å²) in [4.78, 5) is 6.35. The molecule has 0 spiro atoms. The van der Waals surface area contributed by atoms with Crippen molar-refractivity contribution in [2.75, 3.05) is 13.6 Å². The largest absolute Gasteiger partial charge is 0.416 e. The molecular formula is C18H23F3N4O. The SMILES string of the molecule is CCNC(=NCc1cc(CC)no1)N(C)Cc1ccc(C(F)(F)F)cc1. The van der Waals surface area contributed by atoms with Crippen LogP contribution in [-0.2, 0) is 25.7 Å². The molecule has 1 heterocycles. The molecule has 0 atom stereocenters. The second kappa shape index (κ2) is 8.73. The van der Waals surface area contributed by atoms with Crippen LogP contribution >= 0.6 is 0 Å². The molecule has 0 aliphatic rings. The van der Waals surface area contributed by atoms with Crippen LogP contribution < -0.4 is 5.32 Å². The fraction of sp³-hybridized carbons (Fsp3) is 0.444. The molecule has 0 fully saturated rings. The standard InChI is InChI=1S/C18H23F3N4O/c1-4-15-10-16(26-24-15)11-23-17(22-5-2)25(3)12-13-6-8-14(9-7-13)18(19,20)21/h6-10H,4-5,11-12H2,1-3H3,(H,22,23). The molecule has 0 aliphatic carbocycles. The van der Waals surface area contributed by atoms with E-state index in [0.717, 1.165) is 29.8 Å².